The third-order valence-electron chi connectivity index (χ3n) is 5.45. The molecule has 1 saturated carbocycles. The van der Waals surface area contributed by atoms with Crippen molar-refractivity contribution in [2.45, 2.75) is 63.6 Å². The summed E-state index contributed by atoms with van der Waals surface area (Å²) in [6.45, 7) is 1.06. The Morgan fingerprint density at radius 3 is 2.68 bits per heavy atom. The molecule has 1 saturated heterocycles. The van der Waals surface area contributed by atoms with Crippen molar-refractivity contribution in [3.8, 4) is 0 Å². The van der Waals surface area contributed by atoms with Crippen LogP contribution in [0, 0.1) is 5.92 Å². The lowest BCUT2D eigenvalue weighted by atomic mass is 9.84. The molecular formula is C20H27NO4. The Balaban J connectivity index is 1.46. The van der Waals surface area contributed by atoms with Crippen molar-refractivity contribution >= 4 is 11.9 Å². The highest BCUT2D eigenvalue weighted by molar-refractivity contribution is 5.84. The van der Waals surface area contributed by atoms with Gasteiger partial charge in [-0.1, -0.05) is 43.2 Å². The first-order chi connectivity index (χ1) is 12.2. The fourth-order valence-electron chi connectivity index (χ4n) is 4.26. The molecule has 3 unspecified atom stereocenters. The summed E-state index contributed by atoms with van der Waals surface area (Å²) in [5, 5.41) is 9.50. The van der Waals surface area contributed by atoms with Crippen molar-refractivity contribution < 1.29 is 19.4 Å². The van der Waals surface area contributed by atoms with Gasteiger partial charge in [0.15, 0.2) is 0 Å². The zero-order chi connectivity index (χ0) is 17.6. The fraction of sp³-hybridized carbons (Fsp3) is 0.600. The molecule has 1 aliphatic heterocycles. The fourth-order valence-corrected chi connectivity index (χ4v) is 4.26. The zero-order valence-electron chi connectivity index (χ0n) is 14.6. The van der Waals surface area contributed by atoms with Gasteiger partial charge in [0.25, 0.3) is 0 Å². The Bertz CT molecular complexity index is 589. The largest absolute Gasteiger partial charge is 0.480 e. The van der Waals surface area contributed by atoms with Gasteiger partial charge in [0, 0.05) is 19.1 Å². The Kier molecular flexibility index (Phi) is 6.08. The maximum Gasteiger partial charge on any atom is 0.326 e. The van der Waals surface area contributed by atoms with E-state index in [2.05, 4.69) is 0 Å². The number of hydrogen-bond donors (Lipinski definition) is 1. The topological polar surface area (TPSA) is 66.8 Å². The molecule has 1 amide bonds. The quantitative estimate of drug-likeness (QED) is 0.771. The van der Waals surface area contributed by atoms with Gasteiger partial charge in [0.1, 0.15) is 6.04 Å². The van der Waals surface area contributed by atoms with E-state index < -0.39 is 12.0 Å². The number of likely N-dealkylation sites (tertiary alicyclic amines) is 1. The van der Waals surface area contributed by atoms with E-state index in [0.717, 1.165) is 31.2 Å². The second-order valence-electron chi connectivity index (χ2n) is 7.14. The number of hydrogen-bond acceptors (Lipinski definition) is 3. The number of ether oxygens (including phenoxy) is 1. The van der Waals surface area contributed by atoms with E-state index in [1.54, 1.807) is 4.90 Å². The second-order valence-corrected chi connectivity index (χ2v) is 7.14. The molecule has 3 rings (SSSR count). The third-order valence-corrected chi connectivity index (χ3v) is 5.45. The third kappa shape index (κ3) is 4.40. The molecule has 136 valence electrons. The number of carboxylic acid groups (broad SMARTS) is 1. The van der Waals surface area contributed by atoms with Crippen molar-refractivity contribution in [3.63, 3.8) is 0 Å². The van der Waals surface area contributed by atoms with E-state index >= 15 is 0 Å². The summed E-state index contributed by atoms with van der Waals surface area (Å²) in [5.41, 5.74) is 1.12. The molecule has 2 aliphatic rings. The second kappa shape index (κ2) is 8.48. The van der Waals surface area contributed by atoms with Gasteiger partial charge < -0.3 is 14.7 Å². The molecule has 5 nitrogen and oxygen atoms in total. The van der Waals surface area contributed by atoms with Crippen LogP contribution in [-0.4, -0.2) is 40.6 Å². The molecular weight excluding hydrogens is 318 g/mol. The minimum atomic E-state index is -0.858. The predicted molar refractivity (Wildman–Crippen MR) is 94.0 cm³/mol. The number of rotatable bonds is 7. The summed E-state index contributed by atoms with van der Waals surface area (Å²) < 4.78 is 5.63. The number of aliphatic carboxylic acids is 1. The van der Waals surface area contributed by atoms with Crippen molar-refractivity contribution in [1.29, 1.82) is 0 Å². The van der Waals surface area contributed by atoms with E-state index in [1.165, 1.54) is 0 Å². The van der Waals surface area contributed by atoms with Gasteiger partial charge in [-0.05, 0) is 37.2 Å². The number of carboxylic acids is 1. The molecule has 0 radical (unpaired) electrons. The minimum absolute atomic E-state index is 0.0230. The normalized spacial score (nSPS) is 25.6. The maximum atomic E-state index is 12.7. The number of nitrogens with zero attached hydrogens (tertiary/aromatic N) is 1. The molecule has 3 atom stereocenters. The molecule has 1 aromatic carbocycles. The van der Waals surface area contributed by atoms with Crippen molar-refractivity contribution in [1.82, 2.24) is 4.90 Å². The smallest absolute Gasteiger partial charge is 0.326 e. The molecule has 25 heavy (non-hydrogen) atoms. The lowest BCUT2D eigenvalue weighted by Gasteiger charge is -2.33. The van der Waals surface area contributed by atoms with E-state index in [1.807, 2.05) is 30.3 Å². The summed E-state index contributed by atoms with van der Waals surface area (Å²) in [7, 11) is 0. The molecule has 1 N–H and O–H groups in total. The standard InChI is InChI=1S/C20H27NO4/c22-19(11-6-12-25-14-15-7-2-1-3-8-15)21-17-10-5-4-9-16(17)13-18(21)20(23)24/h1-3,7-8,16-18H,4-6,9-14H2,(H,23,24). The molecule has 1 heterocycles. The highest BCUT2D eigenvalue weighted by atomic mass is 16.5. The van der Waals surface area contributed by atoms with Crippen molar-refractivity contribution in [3.05, 3.63) is 35.9 Å². The molecule has 5 heteroatoms. The van der Waals surface area contributed by atoms with E-state index in [0.29, 0.717) is 38.4 Å². The van der Waals surface area contributed by atoms with Gasteiger partial charge in [-0.15, -0.1) is 0 Å². The first kappa shape index (κ1) is 17.9. The van der Waals surface area contributed by atoms with Gasteiger partial charge in [0.2, 0.25) is 5.91 Å². The first-order valence-corrected chi connectivity index (χ1v) is 9.32. The molecule has 0 aromatic heterocycles. The van der Waals surface area contributed by atoms with Crippen molar-refractivity contribution in [2.24, 2.45) is 5.92 Å². The summed E-state index contributed by atoms with van der Waals surface area (Å²) in [5.74, 6) is -0.513. The van der Waals surface area contributed by atoms with Crippen LogP contribution in [0.2, 0.25) is 0 Å². The van der Waals surface area contributed by atoms with E-state index in [9.17, 15) is 14.7 Å². The minimum Gasteiger partial charge on any atom is -0.480 e. The molecule has 2 fully saturated rings. The summed E-state index contributed by atoms with van der Waals surface area (Å²) in [6, 6.07) is 9.44. The number of amides is 1. The van der Waals surface area contributed by atoms with Crippen LogP contribution in [0.25, 0.3) is 0 Å². The lowest BCUT2D eigenvalue weighted by molar-refractivity contribution is -0.150. The van der Waals surface area contributed by atoms with Crippen LogP contribution < -0.4 is 0 Å². The summed E-state index contributed by atoms with van der Waals surface area (Å²) in [4.78, 5) is 25.9. The first-order valence-electron chi connectivity index (χ1n) is 9.32. The van der Waals surface area contributed by atoms with Crippen molar-refractivity contribution in [2.75, 3.05) is 6.61 Å². The van der Waals surface area contributed by atoms with Crippen LogP contribution >= 0.6 is 0 Å². The Morgan fingerprint density at radius 2 is 1.92 bits per heavy atom. The highest BCUT2D eigenvalue weighted by Crippen LogP contribution is 2.40. The molecule has 1 aromatic rings. The van der Waals surface area contributed by atoms with Gasteiger partial charge in [0.05, 0.1) is 6.61 Å². The van der Waals surface area contributed by atoms with E-state index in [4.69, 9.17) is 4.74 Å². The SMILES string of the molecule is O=C(O)C1CC2CCCCC2N1C(=O)CCCOCc1ccccc1. The number of carbonyl (C=O) groups is 2. The summed E-state index contributed by atoms with van der Waals surface area (Å²) >= 11 is 0. The van der Waals surface area contributed by atoms with Crippen LogP contribution in [0.3, 0.4) is 0 Å². The monoisotopic (exact) mass is 345 g/mol. The summed E-state index contributed by atoms with van der Waals surface area (Å²) in [6.07, 6.45) is 5.87. The zero-order valence-corrected chi connectivity index (χ0v) is 14.6. The average molecular weight is 345 g/mol. The van der Waals surface area contributed by atoms with Gasteiger partial charge >= 0.3 is 5.97 Å². The van der Waals surface area contributed by atoms with Gasteiger partial charge in [-0.2, -0.15) is 0 Å². The number of fused-ring (bicyclic) bond motifs is 1. The van der Waals surface area contributed by atoms with E-state index in [-0.39, 0.29) is 11.9 Å². The Labute approximate surface area is 149 Å². The van der Waals surface area contributed by atoms with Crippen LogP contribution in [0.4, 0.5) is 0 Å². The van der Waals surface area contributed by atoms with Crippen LogP contribution in [0.1, 0.15) is 50.5 Å². The highest BCUT2D eigenvalue weighted by Gasteiger charge is 2.47. The molecule has 1 aliphatic carbocycles. The molecule has 0 spiro atoms. The van der Waals surface area contributed by atoms with Crippen LogP contribution in [0.15, 0.2) is 30.3 Å². The van der Waals surface area contributed by atoms with Crippen LogP contribution in [0.5, 0.6) is 0 Å². The predicted octanol–water partition coefficient (Wildman–Crippen LogP) is 3.23. The van der Waals surface area contributed by atoms with Gasteiger partial charge in [-0.3, -0.25) is 4.79 Å². The number of carbonyl (C=O) groups excluding carboxylic acids is 1. The lowest BCUT2D eigenvalue weighted by Crippen LogP contribution is -2.46. The molecule has 0 bridgehead atoms. The Morgan fingerprint density at radius 1 is 1.16 bits per heavy atom. The average Bonchev–Trinajstić information content (AvgIpc) is 3.02. The van der Waals surface area contributed by atoms with Crippen LogP contribution in [-0.2, 0) is 20.9 Å². The Hall–Kier alpha value is -1.88. The van der Waals surface area contributed by atoms with Gasteiger partial charge in [-0.25, -0.2) is 4.79 Å². The number of benzene rings is 1. The maximum absolute atomic E-state index is 12.7.